The van der Waals surface area contributed by atoms with Crippen molar-refractivity contribution in [1.29, 1.82) is 0 Å². The highest BCUT2D eigenvalue weighted by Gasteiger charge is 2.34. The molecule has 2 rings (SSSR count). The average Bonchev–Trinajstić information content (AvgIpc) is 3.32. The van der Waals surface area contributed by atoms with Crippen molar-refractivity contribution in [2.75, 3.05) is 26.2 Å². The van der Waals surface area contributed by atoms with E-state index in [1.165, 1.54) is 0 Å². The van der Waals surface area contributed by atoms with Crippen LogP contribution in [0, 0.1) is 5.41 Å². The van der Waals surface area contributed by atoms with Crippen molar-refractivity contribution in [3.63, 3.8) is 0 Å². The molecule has 2 aliphatic heterocycles. The fourth-order valence-corrected chi connectivity index (χ4v) is 2.41. The van der Waals surface area contributed by atoms with E-state index < -0.39 is 11.7 Å². The van der Waals surface area contributed by atoms with Gasteiger partial charge in [-0.25, -0.2) is 0 Å². The van der Waals surface area contributed by atoms with Crippen LogP contribution in [0.1, 0.15) is 47.5 Å². The Morgan fingerprint density at radius 2 is 1.30 bits per heavy atom. The Kier molecular flexibility index (Phi) is 5.68. The zero-order chi connectivity index (χ0) is 17.2. The van der Waals surface area contributed by atoms with Gasteiger partial charge < -0.3 is 9.47 Å². The van der Waals surface area contributed by atoms with E-state index in [1.54, 1.807) is 0 Å². The van der Waals surface area contributed by atoms with Crippen molar-refractivity contribution in [2.24, 2.45) is 5.41 Å². The molecule has 0 aromatic carbocycles. The standard InChI is InChI=1S/C17H30N2O4/c1-12-10-18(12)8-6-14(20)22-16(17(3,4)5)23-15(21)7-9-19-11-13(19)2/h12-13,16H,6-11H2,1-5H3. The Morgan fingerprint density at radius 3 is 1.57 bits per heavy atom. The van der Waals surface area contributed by atoms with E-state index in [-0.39, 0.29) is 11.9 Å². The van der Waals surface area contributed by atoms with E-state index >= 15 is 0 Å². The first-order valence-corrected chi connectivity index (χ1v) is 8.54. The van der Waals surface area contributed by atoms with Gasteiger partial charge in [0, 0.05) is 43.7 Å². The third kappa shape index (κ3) is 6.11. The van der Waals surface area contributed by atoms with Crippen molar-refractivity contribution in [2.45, 2.75) is 65.8 Å². The average molecular weight is 326 g/mol. The van der Waals surface area contributed by atoms with E-state index in [9.17, 15) is 9.59 Å². The van der Waals surface area contributed by atoms with Crippen LogP contribution in [0.2, 0.25) is 0 Å². The summed E-state index contributed by atoms with van der Waals surface area (Å²) in [7, 11) is 0. The van der Waals surface area contributed by atoms with Gasteiger partial charge in [-0.15, -0.1) is 0 Å². The lowest BCUT2D eigenvalue weighted by atomic mass is 9.96. The number of rotatable bonds is 8. The van der Waals surface area contributed by atoms with Gasteiger partial charge in [-0.2, -0.15) is 0 Å². The van der Waals surface area contributed by atoms with E-state index in [0.717, 1.165) is 13.1 Å². The molecule has 0 bridgehead atoms. The SMILES string of the molecule is CC1CN1CCC(=O)OC(OC(=O)CCN1CC1C)C(C)(C)C. The van der Waals surface area contributed by atoms with Crippen molar-refractivity contribution in [1.82, 2.24) is 9.80 Å². The topological polar surface area (TPSA) is 58.6 Å². The molecule has 132 valence electrons. The second-order valence-electron chi connectivity index (χ2n) is 7.87. The highest BCUT2D eigenvalue weighted by atomic mass is 16.7. The predicted octanol–water partition coefficient (Wildman–Crippen LogP) is 1.63. The number of hydrogen-bond donors (Lipinski definition) is 0. The van der Waals surface area contributed by atoms with Gasteiger partial charge in [-0.1, -0.05) is 20.8 Å². The first kappa shape index (κ1) is 18.2. The minimum atomic E-state index is -0.833. The Morgan fingerprint density at radius 1 is 0.957 bits per heavy atom. The summed E-state index contributed by atoms with van der Waals surface area (Å²) in [4.78, 5) is 28.4. The Bertz CT molecular complexity index is 412. The third-order valence-electron chi connectivity index (χ3n) is 4.37. The molecule has 2 heterocycles. The van der Waals surface area contributed by atoms with E-state index in [1.807, 2.05) is 20.8 Å². The molecular formula is C17H30N2O4. The quantitative estimate of drug-likeness (QED) is 0.384. The molecule has 2 aliphatic rings. The molecule has 0 aliphatic carbocycles. The number of ether oxygens (including phenoxy) is 2. The molecule has 0 amide bonds. The number of nitrogens with zero attached hydrogens (tertiary/aromatic N) is 2. The molecule has 0 aromatic heterocycles. The zero-order valence-electron chi connectivity index (χ0n) is 15.0. The summed E-state index contributed by atoms with van der Waals surface area (Å²) in [6.45, 7) is 13.4. The second-order valence-corrected chi connectivity index (χ2v) is 7.87. The van der Waals surface area contributed by atoms with Gasteiger partial charge in [0.2, 0.25) is 0 Å². The fourth-order valence-electron chi connectivity index (χ4n) is 2.41. The third-order valence-corrected chi connectivity index (χ3v) is 4.37. The zero-order valence-corrected chi connectivity index (χ0v) is 15.0. The van der Waals surface area contributed by atoms with Gasteiger partial charge in [0.05, 0.1) is 12.8 Å². The van der Waals surface area contributed by atoms with E-state index in [4.69, 9.17) is 9.47 Å². The smallest absolute Gasteiger partial charge is 0.310 e. The maximum Gasteiger partial charge on any atom is 0.310 e. The highest BCUT2D eigenvalue weighted by Crippen LogP contribution is 2.25. The van der Waals surface area contributed by atoms with Gasteiger partial charge in [0.25, 0.3) is 6.29 Å². The summed E-state index contributed by atoms with van der Waals surface area (Å²) in [5.41, 5.74) is -0.439. The van der Waals surface area contributed by atoms with Crippen LogP contribution in [0.4, 0.5) is 0 Å². The van der Waals surface area contributed by atoms with Crippen LogP contribution in [-0.4, -0.2) is 66.3 Å². The highest BCUT2D eigenvalue weighted by molar-refractivity contribution is 5.71. The van der Waals surface area contributed by atoms with Crippen LogP contribution in [0.5, 0.6) is 0 Å². The Labute approximate surface area is 139 Å². The van der Waals surface area contributed by atoms with Crippen LogP contribution in [0.15, 0.2) is 0 Å². The minimum Gasteiger partial charge on any atom is -0.425 e. The molecular weight excluding hydrogens is 296 g/mol. The van der Waals surface area contributed by atoms with Crippen LogP contribution < -0.4 is 0 Å². The molecule has 0 saturated carbocycles. The van der Waals surface area contributed by atoms with E-state index in [2.05, 4.69) is 23.6 Å². The molecule has 6 nitrogen and oxygen atoms in total. The molecule has 2 fully saturated rings. The summed E-state index contributed by atoms with van der Waals surface area (Å²) in [5, 5.41) is 0. The fraction of sp³-hybridized carbons (Fsp3) is 0.882. The summed E-state index contributed by atoms with van der Waals surface area (Å²) >= 11 is 0. The van der Waals surface area contributed by atoms with Crippen LogP contribution >= 0.6 is 0 Å². The number of hydrogen-bond acceptors (Lipinski definition) is 6. The first-order chi connectivity index (χ1) is 10.7. The first-order valence-electron chi connectivity index (χ1n) is 8.54. The summed E-state index contributed by atoms with van der Waals surface area (Å²) in [6, 6.07) is 1.14. The predicted molar refractivity (Wildman–Crippen MR) is 86.7 cm³/mol. The largest absolute Gasteiger partial charge is 0.425 e. The monoisotopic (exact) mass is 326 g/mol. The van der Waals surface area contributed by atoms with Crippen molar-refractivity contribution < 1.29 is 19.1 Å². The number of carbonyl (C=O) groups excluding carboxylic acids is 2. The minimum absolute atomic E-state index is 0.309. The Balaban J connectivity index is 1.74. The van der Waals surface area contributed by atoms with Crippen LogP contribution in [-0.2, 0) is 19.1 Å². The number of carbonyl (C=O) groups is 2. The molecule has 23 heavy (non-hydrogen) atoms. The summed E-state index contributed by atoms with van der Waals surface area (Å²) in [6.07, 6.45) is -0.166. The van der Waals surface area contributed by atoms with Crippen LogP contribution in [0.3, 0.4) is 0 Å². The van der Waals surface area contributed by atoms with Crippen LogP contribution in [0.25, 0.3) is 0 Å². The van der Waals surface area contributed by atoms with Gasteiger partial charge in [0.1, 0.15) is 0 Å². The van der Waals surface area contributed by atoms with Gasteiger partial charge >= 0.3 is 11.9 Å². The second kappa shape index (κ2) is 7.18. The Hall–Kier alpha value is -1.14. The summed E-state index contributed by atoms with van der Waals surface area (Å²) < 4.78 is 10.8. The van der Waals surface area contributed by atoms with Gasteiger partial charge in [0.15, 0.2) is 0 Å². The van der Waals surface area contributed by atoms with Crippen molar-refractivity contribution in [3.05, 3.63) is 0 Å². The lowest BCUT2D eigenvalue weighted by Crippen LogP contribution is -2.36. The molecule has 6 heteroatoms. The molecule has 4 unspecified atom stereocenters. The molecule has 2 saturated heterocycles. The van der Waals surface area contributed by atoms with E-state index in [0.29, 0.717) is 38.0 Å². The lowest BCUT2D eigenvalue weighted by Gasteiger charge is -2.29. The maximum atomic E-state index is 12.0. The maximum absolute atomic E-state index is 12.0. The van der Waals surface area contributed by atoms with Crippen molar-refractivity contribution in [3.8, 4) is 0 Å². The van der Waals surface area contributed by atoms with Gasteiger partial charge in [-0.05, 0) is 13.8 Å². The molecule has 0 radical (unpaired) electrons. The molecule has 0 spiro atoms. The lowest BCUT2D eigenvalue weighted by molar-refractivity contribution is -0.207. The van der Waals surface area contributed by atoms with Gasteiger partial charge in [-0.3, -0.25) is 19.4 Å². The number of esters is 2. The molecule has 4 atom stereocenters. The van der Waals surface area contributed by atoms with Crippen molar-refractivity contribution >= 4 is 11.9 Å². The normalized spacial score (nSPS) is 30.5. The molecule has 0 N–H and O–H groups in total. The summed E-state index contributed by atoms with van der Waals surface area (Å²) in [5.74, 6) is -0.618. The molecule has 0 aromatic rings.